The smallest absolute Gasteiger partial charge is 0.0237 e. The average molecular weight is 244 g/mol. The van der Waals surface area contributed by atoms with Gasteiger partial charge in [0.05, 0.1) is 0 Å². The van der Waals surface area contributed by atoms with E-state index in [0.717, 1.165) is 12.6 Å². The Hall–Kier alpha value is -0.860. The molecule has 0 aliphatic carbocycles. The topological polar surface area (TPSA) is 6.48 Å². The second-order valence-electron chi connectivity index (χ2n) is 6.06. The minimum Gasteiger partial charge on any atom is -0.298 e. The number of benzene rings is 1. The fourth-order valence-electron chi connectivity index (χ4n) is 3.51. The Morgan fingerprint density at radius 1 is 1.28 bits per heavy atom. The van der Waals surface area contributed by atoms with Crippen LogP contribution < -0.4 is 0 Å². The van der Waals surface area contributed by atoms with Gasteiger partial charge in [-0.1, -0.05) is 29.8 Å². The molecule has 0 amide bonds. The molecule has 2 aliphatic heterocycles. The Morgan fingerprint density at radius 2 is 2.17 bits per heavy atom. The Morgan fingerprint density at radius 3 is 3.00 bits per heavy atom. The molecule has 0 aromatic heterocycles. The van der Waals surface area contributed by atoms with Gasteiger partial charge in [-0.25, -0.2) is 0 Å². The van der Waals surface area contributed by atoms with E-state index in [1.807, 2.05) is 0 Å². The van der Waals surface area contributed by atoms with E-state index in [1.54, 1.807) is 0 Å². The quantitative estimate of drug-likeness (QED) is 0.789. The molecule has 2 atom stereocenters. The molecule has 0 radical (unpaired) electrons. The van der Waals surface area contributed by atoms with Crippen molar-refractivity contribution in [3.8, 4) is 0 Å². The van der Waals surface area contributed by atoms with Crippen LogP contribution in [0.25, 0.3) is 0 Å². The van der Waals surface area contributed by atoms with Crippen molar-refractivity contribution >= 4 is 0 Å². The summed E-state index contributed by atoms with van der Waals surface area (Å²) in [7, 11) is 0. The van der Waals surface area contributed by atoms with Gasteiger partial charge in [0.2, 0.25) is 0 Å². The van der Waals surface area contributed by atoms with Crippen molar-refractivity contribution < 1.29 is 0 Å². The molecule has 1 aromatic rings. The fraction of sp³-hybridized carbons (Fsp3) is 0.625. The maximum absolute atomic E-state index is 2.69. The lowest BCUT2D eigenvalue weighted by molar-refractivity contribution is 0.0540. The van der Waals surface area contributed by atoms with E-state index in [0.29, 0.717) is 6.04 Å². The predicted molar refractivity (Wildman–Crippen MR) is 75.6 cm³/mol. The van der Waals surface area contributed by atoms with E-state index in [4.69, 9.17) is 0 Å². The maximum Gasteiger partial charge on any atom is 0.0237 e. The summed E-state index contributed by atoms with van der Waals surface area (Å²) in [6, 6.07) is 10.5. The molecule has 2 aliphatic rings. The first-order valence-corrected chi connectivity index (χ1v) is 7.26. The summed E-state index contributed by atoms with van der Waals surface area (Å²) in [4.78, 5) is 5.36. The lowest BCUT2D eigenvalue weighted by atomic mass is 10.1. The molecule has 0 N–H and O–H groups in total. The van der Waals surface area contributed by atoms with Crippen LogP contribution in [0.15, 0.2) is 24.3 Å². The van der Waals surface area contributed by atoms with Crippen LogP contribution in [-0.2, 0) is 6.54 Å². The Bertz CT molecular complexity index is 415. The monoisotopic (exact) mass is 244 g/mol. The van der Waals surface area contributed by atoms with Crippen LogP contribution in [0.4, 0.5) is 0 Å². The molecule has 2 nitrogen and oxygen atoms in total. The van der Waals surface area contributed by atoms with Crippen molar-refractivity contribution in [2.24, 2.45) is 0 Å². The van der Waals surface area contributed by atoms with Crippen molar-refractivity contribution in [1.82, 2.24) is 9.80 Å². The number of aryl methyl sites for hydroxylation is 1. The minimum atomic E-state index is 0.694. The average Bonchev–Trinajstić information content (AvgIpc) is 2.76. The van der Waals surface area contributed by atoms with Crippen molar-refractivity contribution in [2.45, 2.75) is 45.3 Å². The molecule has 2 unspecified atom stereocenters. The molecule has 0 saturated carbocycles. The van der Waals surface area contributed by atoms with Gasteiger partial charge in [-0.3, -0.25) is 9.80 Å². The van der Waals surface area contributed by atoms with E-state index in [-0.39, 0.29) is 0 Å². The molecule has 2 fully saturated rings. The Balaban J connectivity index is 1.68. The molecule has 2 heterocycles. The summed E-state index contributed by atoms with van der Waals surface area (Å²) in [5.41, 5.74) is 2.84. The molecule has 98 valence electrons. The van der Waals surface area contributed by atoms with Gasteiger partial charge in [0.15, 0.2) is 0 Å². The number of hydrogen-bond acceptors (Lipinski definition) is 2. The third-order valence-electron chi connectivity index (χ3n) is 4.53. The van der Waals surface area contributed by atoms with Gasteiger partial charge in [-0.15, -0.1) is 0 Å². The first-order valence-electron chi connectivity index (χ1n) is 7.26. The van der Waals surface area contributed by atoms with Gasteiger partial charge >= 0.3 is 0 Å². The number of rotatable bonds is 2. The van der Waals surface area contributed by atoms with Crippen molar-refractivity contribution in [2.75, 3.05) is 19.6 Å². The Kier molecular flexibility index (Phi) is 3.40. The van der Waals surface area contributed by atoms with Crippen LogP contribution in [0.1, 0.15) is 30.9 Å². The summed E-state index contributed by atoms with van der Waals surface area (Å²) in [5, 5.41) is 0. The minimum absolute atomic E-state index is 0.694. The number of piperazine rings is 1. The zero-order valence-electron chi connectivity index (χ0n) is 11.6. The predicted octanol–water partition coefficient (Wildman–Crippen LogP) is 2.66. The summed E-state index contributed by atoms with van der Waals surface area (Å²) < 4.78 is 0. The van der Waals surface area contributed by atoms with Crippen LogP contribution >= 0.6 is 0 Å². The van der Waals surface area contributed by atoms with Gasteiger partial charge in [-0.05, 0) is 38.8 Å². The third-order valence-corrected chi connectivity index (χ3v) is 4.53. The van der Waals surface area contributed by atoms with Crippen molar-refractivity contribution in [3.05, 3.63) is 35.4 Å². The summed E-state index contributed by atoms with van der Waals surface area (Å²) in [6.45, 7) is 9.53. The van der Waals surface area contributed by atoms with Crippen LogP contribution in [0.2, 0.25) is 0 Å². The lowest BCUT2D eigenvalue weighted by Crippen LogP contribution is -2.54. The highest BCUT2D eigenvalue weighted by atomic mass is 15.3. The zero-order valence-corrected chi connectivity index (χ0v) is 11.6. The SMILES string of the molecule is Cc1cccc(CN2CC3CCCN3CC2C)c1. The molecule has 18 heavy (non-hydrogen) atoms. The van der Waals surface area contributed by atoms with E-state index in [1.165, 1.54) is 43.6 Å². The second-order valence-corrected chi connectivity index (χ2v) is 6.06. The second kappa shape index (κ2) is 5.02. The van der Waals surface area contributed by atoms with Gasteiger partial charge in [0.1, 0.15) is 0 Å². The van der Waals surface area contributed by atoms with Crippen LogP contribution in [0, 0.1) is 6.92 Å². The van der Waals surface area contributed by atoms with Crippen LogP contribution in [-0.4, -0.2) is 41.5 Å². The van der Waals surface area contributed by atoms with E-state index in [9.17, 15) is 0 Å². The number of fused-ring (bicyclic) bond motifs is 1. The normalized spacial score (nSPS) is 29.4. The van der Waals surface area contributed by atoms with Crippen LogP contribution in [0.5, 0.6) is 0 Å². The summed E-state index contributed by atoms with van der Waals surface area (Å²) in [6.07, 6.45) is 2.80. The van der Waals surface area contributed by atoms with Crippen molar-refractivity contribution in [1.29, 1.82) is 0 Å². The highest BCUT2D eigenvalue weighted by Gasteiger charge is 2.34. The zero-order chi connectivity index (χ0) is 12.5. The van der Waals surface area contributed by atoms with E-state index < -0.39 is 0 Å². The largest absolute Gasteiger partial charge is 0.298 e. The standard InChI is InChI=1S/C16H24N2/c1-13-5-3-6-15(9-13)11-18-12-16-7-4-8-17(16)10-14(18)2/h3,5-6,9,14,16H,4,7-8,10-12H2,1-2H3. The maximum atomic E-state index is 2.69. The van der Waals surface area contributed by atoms with Crippen molar-refractivity contribution in [3.63, 3.8) is 0 Å². The first-order chi connectivity index (χ1) is 8.72. The molecule has 0 bridgehead atoms. The molecule has 2 heteroatoms. The van der Waals surface area contributed by atoms with Gasteiger partial charge in [0, 0.05) is 31.7 Å². The molecular weight excluding hydrogens is 220 g/mol. The molecule has 3 rings (SSSR count). The molecule has 1 aromatic carbocycles. The summed E-state index contributed by atoms with van der Waals surface area (Å²) in [5.74, 6) is 0. The molecular formula is C16H24N2. The first kappa shape index (κ1) is 12.2. The van der Waals surface area contributed by atoms with Crippen LogP contribution in [0.3, 0.4) is 0 Å². The summed E-state index contributed by atoms with van der Waals surface area (Å²) >= 11 is 0. The third kappa shape index (κ3) is 2.45. The Labute approximate surface area is 111 Å². The van der Waals surface area contributed by atoms with E-state index >= 15 is 0 Å². The number of hydrogen-bond donors (Lipinski definition) is 0. The highest BCUT2D eigenvalue weighted by molar-refractivity contribution is 5.22. The molecule has 0 spiro atoms. The lowest BCUT2D eigenvalue weighted by Gasteiger charge is -2.42. The van der Waals surface area contributed by atoms with Gasteiger partial charge in [0.25, 0.3) is 0 Å². The fourth-order valence-corrected chi connectivity index (χ4v) is 3.51. The number of nitrogens with zero attached hydrogens (tertiary/aromatic N) is 2. The van der Waals surface area contributed by atoms with Gasteiger partial charge < -0.3 is 0 Å². The molecule has 2 saturated heterocycles. The van der Waals surface area contributed by atoms with Gasteiger partial charge in [-0.2, -0.15) is 0 Å². The highest BCUT2D eigenvalue weighted by Crippen LogP contribution is 2.25. The van der Waals surface area contributed by atoms with E-state index in [2.05, 4.69) is 47.9 Å².